The highest BCUT2D eigenvalue weighted by molar-refractivity contribution is 5.15. The van der Waals surface area contributed by atoms with Crippen LogP contribution < -0.4 is 11.3 Å². The molecule has 1 atom stereocenters. The third kappa shape index (κ3) is 2.53. The lowest BCUT2D eigenvalue weighted by Gasteiger charge is -2.32. The van der Waals surface area contributed by atoms with Crippen molar-refractivity contribution in [3.8, 4) is 0 Å². The summed E-state index contributed by atoms with van der Waals surface area (Å²) in [6.45, 7) is 5.48. The van der Waals surface area contributed by atoms with Crippen molar-refractivity contribution in [1.29, 1.82) is 0 Å². The maximum absolute atomic E-state index is 5.77. The number of nitrogens with one attached hydrogen (secondary N) is 1. The second kappa shape index (κ2) is 5.19. The Balaban J connectivity index is 2.16. The summed E-state index contributed by atoms with van der Waals surface area (Å²) in [5, 5.41) is 4.40. The van der Waals surface area contributed by atoms with Crippen molar-refractivity contribution >= 4 is 0 Å². The monoisotopic (exact) mass is 236 g/mol. The first-order valence-electron chi connectivity index (χ1n) is 6.68. The summed E-state index contributed by atoms with van der Waals surface area (Å²) in [5.74, 6) is 5.77. The number of hydrogen-bond donors (Lipinski definition) is 2. The summed E-state index contributed by atoms with van der Waals surface area (Å²) in [6.07, 6.45) is 10.3. The van der Waals surface area contributed by atoms with E-state index in [2.05, 4.69) is 30.6 Å². The summed E-state index contributed by atoms with van der Waals surface area (Å²) in [6, 6.07) is 0.232. The Morgan fingerprint density at radius 3 is 2.82 bits per heavy atom. The molecule has 1 aromatic rings. The first-order valence-corrected chi connectivity index (χ1v) is 6.68. The van der Waals surface area contributed by atoms with Crippen molar-refractivity contribution in [2.24, 2.45) is 11.3 Å². The van der Waals surface area contributed by atoms with E-state index >= 15 is 0 Å². The second-order valence-electron chi connectivity index (χ2n) is 5.50. The minimum Gasteiger partial charge on any atom is -0.272 e. The van der Waals surface area contributed by atoms with Crippen molar-refractivity contribution in [2.45, 2.75) is 58.5 Å². The fraction of sp³-hybridized carbons (Fsp3) is 0.769. The topological polar surface area (TPSA) is 55.9 Å². The van der Waals surface area contributed by atoms with E-state index in [0.717, 1.165) is 13.0 Å². The van der Waals surface area contributed by atoms with E-state index in [9.17, 15) is 0 Å². The fourth-order valence-electron chi connectivity index (χ4n) is 3.05. The quantitative estimate of drug-likeness (QED) is 0.609. The minimum absolute atomic E-state index is 0.232. The zero-order chi connectivity index (χ0) is 12.3. The third-order valence-electron chi connectivity index (χ3n) is 4.05. The molecule has 1 unspecified atom stereocenters. The lowest BCUT2D eigenvalue weighted by molar-refractivity contribution is 0.225. The van der Waals surface area contributed by atoms with Crippen LogP contribution in [0.4, 0.5) is 0 Å². The smallest absolute Gasteiger partial charge is 0.0544 e. The van der Waals surface area contributed by atoms with E-state index < -0.39 is 0 Å². The lowest BCUT2D eigenvalue weighted by atomic mass is 9.78. The number of nitrogens with two attached hydrogens (primary N) is 1. The highest BCUT2D eigenvalue weighted by Gasteiger charge is 2.37. The Labute approximate surface area is 104 Å². The molecule has 17 heavy (non-hydrogen) atoms. The van der Waals surface area contributed by atoms with Crippen molar-refractivity contribution in [3.05, 3.63) is 18.0 Å². The molecular formula is C13H24N4. The summed E-state index contributed by atoms with van der Waals surface area (Å²) in [5.41, 5.74) is 4.52. The molecule has 0 aliphatic heterocycles. The van der Waals surface area contributed by atoms with Crippen molar-refractivity contribution in [3.63, 3.8) is 0 Å². The van der Waals surface area contributed by atoms with Crippen LogP contribution in [0, 0.1) is 5.41 Å². The van der Waals surface area contributed by atoms with Crippen molar-refractivity contribution in [2.75, 3.05) is 0 Å². The predicted molar refractivity (Wildman–Crippen MR) is 69.2 cm³/mol. The van der Waals surface area contributed by atoms with Crippen LogP contribution in [0.3, 0.4) is 0 Å². The molecule has 1 saturated carbocycles. The van der Waals surface area contributed by atoms with Crippen LogP contribution in [0.2, 0.25) is 0 Å². The van der Waals surface area contributed by atoms with Gasteiger partial charge in [0.05, 0.1) is 12.2 Å². The van der Waals surface area contributed by atoms with Gasteiger partial charge < -0.3 is 0 Å². The summed E-state index contributed by atoms with van der Waals surface area (Å²) < 4.78 is 2.01. The van der Waals surface area contributed by atoms with Gasteiger partial charge in [0.25, 0.3) is 0 Å². The minimum atomic E-state index is 0.232. The number of aromatic nitrogens is 2. The Hall–Kier alpha value is -0.870. The molecule has 0 saturated heterocycles. The van der Waals surface area contributed by atoms with E-state index in [1.165, 1.54) is 31.2 Å². The summed E-state index contributed by atoms with van der Waals surface area (Å²) in [7, 11) is 0. The molecule has 0 aromatic carbocycles. The van der Waals surface area contributed by atoms with Crippen LogP contribution >= 0.6 is 0 Å². The van der Waals surface area contributed by atoms with Crippen LogP contribution in [0.25, 0.3) is 0 Å². The predicted octanol–water partition coefficient (Wildman–Crippen LogP) is 2.38. The maximum Gasteiger partial charge on any atom is 0.0544 e. The number of hydrogen-bond acceptors (Lipinski definition) is 3. The molecule has 2 rings (SSSR count). The normalized spacial score (nSPS) is 20.6. The summed E-state index contributed by atoms with van der Waals surface area (Å²) in [4.78, 5) is 0. The average molecular weight is 236 g/mol. The van der Waals surface area contributed by atoms with Crippen LogP contribution in [0.5, 0.6) is 0 Å². The maximum atomic E-state index is 5.77. The molecule has 1 heterocycles. The molecule has 4 nitrogen and oxygen atoms in total. The standard InChI is InChI=1S/C13H24N4/c1-3-8-17-10-11(9-15-17)12(16-14)13(2)6-4-5-7-13/h9-10,12,16H,3-8,14H2,1-2H3. The third-order valence-corrected chi connectivity index (χ3v) is 4.05. The van der Waals surface area contributed by atoms with E-state index in [1.54, 1.807) is 0 Å². The van der Waals surface area contributed by atoms with Gasteiger partial charge in [-0.05, 0) is 24.7 Å². The van der Waals surface area contributed by atoms with Crippen molar-refractivity contribution < 1.29 is 0 Å². The molecule has 1 aromatic heterocycles. The van der Waals surface area contributed by atoms with Crippen LogP contribution in [-0.2, 0) is 6.54 Å². The molecule has 1 aliphatic carbocycles. The number of hydrazine groups is 1. The number of rotatable bonds is 5. The Bertz CT molecular complexity index is 352. The van der Waals surface area contributed by atoms with Gasteiger partial charge in [0.1, 0.15) is 0 Å². The van der Waals surface area contributed by atoms with Gasteiger partial charge in [-0.1, -0.05) is 26.7 Å². The molecular weight excluding hydrogens is 212 g/mol. The molecule has 0 amide bonds. The highest BCUT2D eigenvalue weighted by Crippen LogP contribution is 2.46. The van der Waals surface area contributed by atoms with Gasteiger partial charge in [-0.2, -0.15) is 5.10 Å². The van der Waals surface area contributed by atoms with Crippen LogP contribution in [-0.4, -0.2) is 9.78 Å². The average Bonchev–Trinajstić information content (AvgIpc) is 2.91. The highest BCUT2D eigenvalue weighted by atomic mass is 15.3. The zero-order valence-electron chi connectivity index (χ0n) is 10.9. The largest absolute Gasteiger partial charge is 0.272 e. The van der Waals surface area contributed by atoms with Crippen molar-refractivity contribution in [1.82, 2.24) is 15.2 Å². The molecule has 96 valence electrons. The SMILES string of the molecule is CCCn1cc(C(NN)C2(C)CCCC2)cn1. The van der Waals surface area contributed by atoms with Gasteiger partial charge in [0, 0.05) is 18.3 Å². The molecule has 4 heteroatoms. The van der Waals surface area contributed by atoms with Crippen LogP contribution in [0.1, 0.15) is 57.6 Å². The van der Waals surface area contributed by atoms with Gasteiger partial charge in [-0.25, -0.2) is 0 Å². The molecule has 0 radical (unpaired) electrons. The molecule has 3 N–H and O–H groups in total. The fourth-order valence-corrected chi connectivity index (χ4v) is 3.05. The molecule has 1 fully saturated rings. The number of aryl methyl sites for hydroxylation is 1. The summed E-state index contributed by atoms with van der Waals surface area (Å²) >= 11 is 0. The van der Waals surface area contributed by atoms with Gasteiger partial charge in [-0.15, -0.1) is 0 Å². The van der Waals surface area contributed by atoms with E-state index in [0.29, 0.717) is 0 Å². The number of nitrogens with zero attached hydrogens (tertiary/aromatic N) is 2. The second-order valence-corrected chi connectivity index (χ2v) is 5.50. The Kier molecular flexibility index (Phi) is 3.84. The molecule has 0 bridgehead atoms. The van der Waals surface area contributed by atoms with Gasteiger partial charge in [0.15, 0.2) is 0 Å². The Morgan fingerprint density at radius 1 is 1.53 bits per heavy atom. The Morgan fingerprint density at radius 2 is 2.24 bits per heavy atom. The molecule has 0 spiro atoms. The van der Waals surface area contributed by atoms with Crippen LogP contribution in [0.15, 0.2) is 12.4 Å². The van der Waals surface area contributed by atoms with E-state index in [4.69, 9.17) is 5.84 Å². The van der Waals surface area contributed by atoms with Gasteiger partial charge >= 0.3 is 0 Å². The zero-order valence-corrected chi connectivity index (χ0v) is 10.9. The first-order chi connectivity index (χ1) is 8.19. The van der Waals surface area contributed by atoms with E-state index in [-0.39, 0.29) is 11.5 Å². The van der Waals surface area contributed by atoms with Gasteiger partial charge in [-0.3, -0.25) is 16.0 Å². The first kappa shape index (κ1) is 12.6. The van der Waals surface area contributed by atoms with E-state index in [1.807, 2.05) is 10.9 Å². The van der Waals surface area contributed by atoms with Gasteiger partial charge in [0.2, 0.25) is 0 Å². The lowest BCUT2D eigenvalue weighted by Crippen LogP contribution is -2.38. The molecule has 1 aliphatic rings.